The maximum Gasteiger partial charge on any atom is 0.269 e. The summed E-state index contributed by atoms with van der Waals surface area (Å²) in [4.78, 5) is 32.9. The van der Waals surface area contributed by atoms with Gasteiger partial charge >= 0.3 is 0 Å². The predicted molar refractivity (Wildman–Crippen MR) is 126 cm³/mol. The third-order valence-corrected chi connectivity index (χ3v) is 8.00. The van der Waals surface area contributed by atoms with E-state index in [2.05, 4.69) is 9.97 Å². The van der Waals surface area contributed by atoms with Gasteiger partial charge in [-0.2, -0.15) is 0 Å². The van der Waals surface area contributed by atoms with Crippen LogP contribution in [0.15, 0.2) is 52.3 Å². The fourth-order valence-corrected chi connectivity index (χ4v) is 5.18. The minimum absolute atomic E-state index is 0.0423. The highest BCUT2D eigenvalue weighted by Gasteiger charge is 2.41. The molecule has 36 heavy (non-hydrogen) atoms. The lowest BCUT2D eigenvalue weighted by Gasteiger charge is -2.36. The van der Waals surface area contributed by atoms with Crippen molar-refractivity contribution in [3.05, 3.63) is 76.0 Å². The number of nitrogens with one attached hydrogen (secondary N) is 2. The van der Waals surface area contributed by atoms with Gasteiger partial charge in [0.15, 0.2) is 16.5 Å². The molecule has 0 saturated carbocycles. The zero-order valence-corrected chi connectivity index (χ0v) is 20.4. The average Bonchev–Trinajstić information content (AvgIpc) is 3.07. The molecule has 0 spiro atoms. The molecule has 8 nitrogen and oxygen atoms in total. The molecule has 1 atom stereocenters. The number of rotatable bonds is 5. The largest absolute Gasteiger partial charge is 0.351 e. The van der Waals surface area contributed by atoms with Crippen LogP contribution in [0.25, 0.3) is 11.3 Å². The molecule has 4 rings (SSSR count). The molecule has 1 saturated heterocycles. The topological polar surface area (TPSA) is 112 Å². The Kier molecular flexibility index (Phi) is 6.41. The van der Waals surface area contributed by atoms with Gasteiger partial charge in [0, 0.05) is 29.9 Å². The van der Waals surface area contributed by atoms with Gasteiger partial charge in [0.2, 0.25) is 0 Å². The van der Waals surface area contributed by atoms with E-state index in [9.17, 15) is 31.2 Å². The predicted octanol–water partition coefficient (Wildman–Crippen LogP) is 3.60. The molecule has 2 N–H and O–H groups in total. The van der Waals surface area contributed by atoms with Gasteiger partial charge in [0.05, 0.1) is 11.3 Å². The lowest BCUT2D eigenvalue weighted by Crippen LogP contribution is -2.44. The van der Waals surface area contributed by atoms with E-state index < -0.39 is 49.4 Å². The molecule has 0 bridgehead atoms. The molecule has 1 aromatic carbocycles. The summed E-state index contributed by atoms with van der Waals surface area (Å²) in [5.41, 5.74) is -1.98. The summed E-state index contributed by atoms with van der Waals surface area (Å²) in [5, 5.41) is 0. The molecule has 1 aliphatic heterocycles. The normalized spacial score (nSPS) is 17.3. The quantitative estimate of drug-likeness (QED) is 0.498. The first-order valence-electron chi connectivity index (χ1n) is 11.0. The van der Waals surface area contributed by atoms with Crippen molar-refractivity contribution >= 4 is 21.7 Å². The number of carbonyl (C=O) groups excluding carboxylic acids is 1. The van der Waals surface area contributed by atoms with Crippen LogP contribution in [0, 0.1) is 23.4 Å². The summed E-state index contributed by atoms with van der Waals surface area (Å²) in [5.74, 6) is -4.54. The second-order valence-corrected chi connectivity index (χ2v) is 10.8. The lowest BCUT2D eigenvalue weighted by atomic mass is 9.90. The van der Waals surface area contributed by atoms with E-state index in [-0.39, 0.29) is 28.6 Å². The van der Waals surface area contributed by atoms with Crippen LogP contribution in [-0.4, -0.2) is 36.4 Å². The van der Waals surface area contributed by atoms with Gasteiger partial charge in [0.1, 0.15) is 11.6 Å². The van der Waals surface area contributed by atoms with Gasteiger partial charge in [-0.05, 0) is 56.5 Å². The van der Waals surface area contributed by atoms with Crippen molar-refractivity contribution in [1.29, 1.82) is 0 Å². The SMILES string of the molecule is CC1CCN(c2nc(-c3cc(F)c(F)cc3F)ccc2C(=O)NS(=O)(=O)c2ccc[nH]c2=O)C1(C)C. The Labute approximate surface area is 205 Å². The van der Waals surface area contributed by atoms with Gasteiger partial charge in [-0.25, -0.2) is 31.3 Å². The molecule has 2 aromatic heterocycles. The number of pyridine rings is 2. The number of anilines is 1. The molecule has 1 unspecified atom stereocenters. The number of sulfonamides is 1. The average molecular weight is 521 g/mol. The fourth-order valence-electron chi connectivity index (χ4n) is 4.16. The Bertz CT molecular complexity index is 1520. The molecular formula is C24H23F3N4O4S. The standard InChI is InChI=1S/C24H23F3N4O4S/c1-13-8-10-31(24(13,2)3)21-14(22(32)30-36(34,35)20-5-4-9-28-23(20)33)6-7-19(29-21)15-11-17(26)18(27)12-16(15)25/h4-7,9,11-13H,8,10H2,1-3H3,(H,28,33)(H,30,32). The van der Waals surface area contributed by atoms with Crippen LogP contribution >= 0.6 is 0 Å². The highest BCUT2D eigenvalue weighted by Crippen LogP contribution is 2.39. The Hall–Kier alpha value is -3.67. The van der Waals surface area contributed by atoms with Gasteiger partial charge in [-0.15, -0.1) is 0 Å². The maximum atomic E-state index is 14.5. The Balaban J connectivity index is 1.83. The van der Waals surface area contributed by atoms with E-state index in [1.807, 2.05) is 25.5 Å². The molecule has 3 aromatic rings. The first-order valence-corrected chi connectivity index (χ1v) is 12.5. The summed E-state index contributed by atoms with van der Waals surface area (Å²) in [7, 11) is -4.54. The first-order chi connectivity index (χ1) is 16.8. The van der Waals surface area contributed by atoms with Crippen molar-refractivity contribution in [3.63, 3.8) is 0 Å². The molecule has 0 radical (unpaired) electrons. The molecule has 1 amide bonds. The smallest absolute Gasteiger partial charge is 0.269 e. The summed E-state index contributed by atoms with van der Waals surface area (Å²) < 4.78 is 69.2. The summed E-state index contributed by atoms with van der Waals surface area (Å²) >= 11 is 0. The number of benzene rings is 1. The van der Waals surface area contributed by atoms with Crippen molar-refractivity contribution in [3.8, 4) is 11.3 Å². The van der Waals surface area contributed by atoms with Crippen molar-refractivity contribution in [2.24, 2.45) is 5.92 Å². The van der Waals surface area contributed by atoms with Crippen LogP contribution in [0.5, 0.6) is 0 Å². The molecule has 0 aliphatic carbocycles. The Morgan fingerprint density at radius 2 is 1.83 bits per heavy atom. The van der Waals surface area contributed by atoms with Crippen LogP contribution in [0.4, 0.5) is 19.0 Å². The van der Waals surface area contributed by atoms with Gasteiger partial charge in [0.25, 0.3) is 21.5 Å². The van der Waals surface area contributed by atoms with Crippen LogP contribution in [-0.2, 0) is 10.0 Å². The van der Waals surface area contributed by atoms with Crippen LogP contribution in [0.1, 0.15) is 37.6 Å². The minimum atomic E-state index is -4.54. The number of nitrogens with zero attached hydrogens (tertiary/aromatic N) is 2. The number of amides is 1. The van der Waals surface area contributed by atoms with E-state index in [1.54, 1.807) is 4.90 Å². The highest BCUT2D eigenvalue weighted by atomic mass is 32.2. The van der Waals surface area contributed by atoms with Gasteiger partial charge < -0.3 is 9.88 Å². The molecule has 1 fully saturated rings. The Morgan fingerprint density at radius 3 is 2.47 bits per heavy atom. The van der Waals surface area contributed by atoms with Crippen molar-refractivity contribution in [1.82, 2.24) is 14.7 Å². The van der Waals surface area contributed by atoms with Crippen molar-refractivity contribution in [2.75, 3.05) is 11.4 Å². The number of carbonyl (C=O) groups is 1. The molecular weight excluding hydrogens is 497 g/mol. The molecule has 3 heterocycles. The number of hydrogen-bond acceptors (Lipinski definition) is 6. The van der Waals surface area contributed by atoms with E-state index in [4.69, 9.17) is 0 Å². The fraction of sp³-hybridized carbons (Fsp3) is 0.292. The third-order valence-electron chi connectivity index (χ3n) is 6.65. The second kappa shape index (κ2) is 9.08. The van der Waals surface area contributed by atoms with Crippen molar-refractivity contribution < 1.29 is 26.4 Å². The monoisotopic (exact) mass is 520 g/mol. The molecule has 1 aliphatic rings. The highest BCUT2D eigenvalue weighted by molar-refractivity contribution is 7.90. The Morgan fingerprint density at radius 1 is 1.14 bits per heavy atom. The molecule has 12 heteroatoms. The summed E-state index contributed by atoms with van der Waals surface area (Å²) in [6, 6.07) is 5.86. The van der Waals surface area contributed by atoms with Gasteiger partial charge in [-0.1, -0.05) is 6.92 Å². The minimum Gasteiger partial charge on any atom is -0.351 e. The van der Waals surface area contributed by atoms with Gasteiger partial charge in [-0.3, -0.25) is 9.59 Å². The van der Waals surface area contributed by atoms with E-state index in [1.165, 1.54) is 24.4 Å². The number of hydrogen-bond donors (Lipinski definition) is 2. The number of H-pyrrole nitrogens is 1. The van der Waals surface area contributed by atoms with Crippen LogP contribution < -0.4 is 15.2 Å². The van der Waals surface area contributed by atoms with E-state index in [0.29, 0.717) is 18.7 Å². The maximum absolute atomic E-state index is 14.5. The van der Waals surface area contributed by atoms with E-state index in [0.717, 1.165) is 12.5 Å². The third kappa shape index (κ3) is 4.48. The molecule has 190 valence electrons. The second-order valence-electron chi connectivity index (χ2n) is 9.11. The number of aromatic nitrogens is 2. The zero-order chi connectivity index (χ0) is 26.4. The van der Waals surface area contributed by atoms with E-state index >= 15 is 0 Å². The summed E-state index contributed by atoms with van der Waals surface area (Å²) in [6.45, 7) is 6.29. The zero-order valence-electron chi connectivity index (χ0n) is 19.6. The van der Waals surface area contributed by atoms with Crippen LogP contribution in [0.2, 0.25) is 0 Å². The van der Waals surface area contributed by atoms with Crippen LogP contribution in [0.3, 0.4) is 0 Å². The lowest BCUT2D eigenvalue weighted by molar-refractivity contribution is 0.0981. The van der Waals surface area contributed by atoms with Crippen molar-refractivity contribution in [2.45, 2.75) is 37.6 Å². The number of halogens is 3. The number of aromatic amines is 1. The first kappa shape index (κ1) is 25.4. The summed E-state index contributed by atoms with van der Waals surface area (Å²) in [6.07, 6.45) is 1.98.